The number of nitrogens with one attached hydrogen (secondary N) is 1. The zero-order chi connectivity index (χ0) is 18.4. The van der Waals surface area contributed by atoms with E-state index in [-0.39, 0.29) is 5.56 Å². The van der Waals surface area contributed by atoms with E-state index in [0.717, 1.165) is 52.6 Å². The Labute approximate surface area is 165 Å². The Bertz CT molecular complexity index is 1070. The number of fused-ring (bicyclic) bond motifs is 4. The van der Waals surface area contributed by atoms with Crippen LogP contribution in [-0.2, 0) is 24.3 Å². The van der Waals surface area contributed by atoms with Crippen molar-refractivity contribution in [3.8, 4) is 11.5 Å². The van der Waals surface area contributed by atoms with Crippen LogP contribution in [0.15, 0.2) is 23.0 Å². The van der Waals surface area contributed by atoms with Crippen molar-refractivity contribution >= 4 is 33.3 Å². The summed E-state index contributed by atoms with van der Waals surface area (Å²) in [5.74, 6) is 4.57. The third-order valence-corrected chi connectivity index (χ3v) is 7.32. The third-order valence-electron chi connectivity index (χ3n) is 5.16. The van der Waals surface area contributed by atoms with E-state index >= 15 is 0 Å². The van der Waals surface area contributed by atoms with Gasteiger partial charge in [0.2, 0.25) is 6.79 Å². The molecule has 0 amide bonds. The molecule has 5 rings (SSSR count). The van der Waals surface area contributed by atoms with Crippen LogP contribution >= 0.6 is 23.1 Å². The summed E-state index contributed by atoms with van der Waals surface area (Å²) in [6, 6.07) is 6.01. The lowest BCUT2D eigenvalue weighted by Gasteiger charge is -2.17. The van der Waals surface area contributed by atoms with E-state index in [1.807, 2.05) is 18.2 Å². The molecule has 2 aliphatic rings. The maximum absolute atomic E-state index is 12.6. The van der Waals surface area contributed by atoms with Gasteiger partial charge in [0.05, 0.1) is 11.1 Å². The molecular weight excluding hydrogens is 380 g/mol. The number of aromatic nitrogens is 2. The second kappa shape index (κ2) is 6.87. The van der Waals surface area contributed by atoms with Gasteiger partial charge in [-0.25, -0.2) is 4.98 Å². The van der Waals surface area contributed by atoms with E-state index in [2.05, 4.69) is 11.9 Å². The number of aromatic amines is 1. The number of thiophene rings is 1. The van der Waals surface area contributed by atoms with Crippen LogP contribution in [0.1, 0.15) is 35.2 Å². The molecule has 0 unspecified atom stereocenters. The van der Waals surface area contributed by atoms with Gasteiger partial charge in [-0.3, -0.25) is 4.79 Å². The molecule has 7 heteroatoms. The Hall–Kier alpha value is -1.99. The van der Waals surface area contributed by atoms with Crippen molar-refractivity contribution in [3.63, 3.8) is 0 Å². The van der Waals surface area contributed by atoms with Gasteiger partial charge < -0.3 is 14.5 Å². The van der Waals surface area contributed by atoms with Crippen LogP contribution in [0, 0.1) is 5.92 Å². The molecule has 0 fully saturated rings. The number of ether oxygens (including phenoxy) is 2. The van der Waals surface area contributed by atoms with Gasteiger partial charge in [-0.05, 0) is 48.4 Å². The molecule has 0 saturated heterocycles. The van der Waals surface area contributed by atoms with Crippen LogP contribution in [0.3, 0.4) is 0 Å². The molecular formula is C20H20N2O3S2. The lowest BCUT2D eigenvalue weighted by atomic mass is 9.89. The number of hydrogen-bond donors (Lipinski definition) is 1. The van der Waals surface area contributed by atoms with Gasteiger partial charge in [-0.15, -0.1) is 23.1 Å². The molecule has 0 bridgehead atoms. The minimum Gasteiger partial charge on any atom is -0.454 e. The highest BCUT2D eigenvalue weighted by molar-refractivity contribution is 7.97. The maximum atomic E-state index is 12.6. The third kappa shape index (κ3) is 3.23. The highest BCUT2D eigenvalue weighted by atomic mass is 32.2. The van der Waals surface area contributed by atoms with Gasteiger partial charge in [0, 0.05) is 10.6 Å². The zero-order valence-electron chi connectivity index (χ0n) is 15.0. The molecule has 2 aromatic heterocycles. The highest BCUT2D eigenvalue weighted by Crippen LogP contribution is 2.36. The monoisotopic (exact) mass is 400 g/mol. The smallest absolute Gasteiger partial charge is 0.259 e. The van der Waals surface area contributed by atoms with Crippen molar-refractivity contribution in [3.05, 3.63) is 50.4 Å². The van der Waals surface area contributed by atoms with Crippen molar-refractivity contribution in [1.82, 2.24) is 9.97 Å². The van der Waals surface area contributed by atoms with E-state index < -0.39 is 0 Å². The lowest BCUT2D eigenvalue weighted by molar-refractivity contribution is 0.174. The second-order valence-electron chi connectivity index (χ2n) is 7.22. The van der Waals surface area contributed by atoms with Gasteiger partial charge in [0.1, 0.15) is 10.7 Å². The molecule has 27 heavy (non-hydrogen) atoms. The molecule has 3 aromatic rings. The summed E-state index contributed by atoms with van der Waals surface area (Å²) in [6.45, 7) is 2.57. The molecule has 0 radical (unpaired) electrons. The van der Waals surface area contributed by atoms with E-state index in [1.165, 1.54) is 16.0 Å². The summed E-state index contributed by atoms with van der Waals surface area (Å²) in [6.07, 6.45) is 3.23. The van der Waals surface area contributed by atoms with E-state index in [9.17, 15) is 4.79 Å². The number of thioether (sulfide) groups is 1. The predicted octanol–water partition coefficient (Wildman–Crippen LogP) is 4.27. The minimum absolute atomic E-state index is 0.0192. The number of rotatable bonds is 4. The average Bonchev–Trinajstić information content (AvgIpc) is 3.24. The van der Waals surface area contributed by atoms with Crippen molar-refractivity contribution < 1.29 is 9.47 Å². The topological polar surface area (TPSA) is 64.2 Å². The Morgan fingerprint density at radius 2 is 2.19 bits per heavy atom. The van der Waals surface area contributed by atoms with E-state index in [4.69, 9.17) is 14.5 Å². The zero-order valence-corrected chi connectivity index (χ0v) is 16.7. The SMILES string of the molecule is C[C@H]1CCc2c(sc3nc(CSCc4ccc5c(c4)OCO5)[nH]c(=O)c23)C1. The molecule has 0 spiro atoms. The molecule has 140 valence electrons. The first-order chi connectivity index (χ1) is 13.2. The molecule has 5 nitrogen and oxygen atoms in total. The second-order valence-corrected chi connectivity index (χ2v) is 9.29. The number of aryl methyl sites for hydroxylation is 1. The number of H-pyrrole nitrogens is 1. The van der Waals surface area contributed by atoms with E-state index in [0.29, 0.717) is 18.5 Å². The minimum atomic E-state index is 0.0192. The molecule has 1 atom stereocenters. The quantitative estimate of drug-likeness (QED) is 0.708. The first-order valence-electron chi connectivity index (χ1n) is 9.17. The summed E-state index contributed by atoms with van der Waals surface area (Å²) in [7, 11) is 0. The van der Waals surface area contributed by atoms with Crippen molar-refractivity contribution in [2.75, 3.05) is 6.79 Å². The average molecular weight is 401 g/mol. The van der Waals surface area contributed by atoms with E-state index in [1.54, 1.807) is 23.1 Å². The summed E-state index contributed by atoms with van der Waals surface area (Å²) in [5, 5.41) is 0.825. The van der Waals surface area contributed by atoms with Crippen LogP contribution in [0.2, 0.25) is 0 Å². The molecule has 0 saturated carbocycles. The van der Waals surface area contributed by atoms with Crippen LogP contribution in [0.25, 0.3) is 10.2 Å². The Kier molecular flexibility index (Phi) is 4.36. The molecule has 1 aliphatic carbocycles. The van der Waals surface area contributed by atoms with Crippen LogP contribution in [-0.4, -0.2) is 16.8 Å². The van der Waals surface area contributed by atoms with Crippen molar-refractivity contribution in [2.45, 2.75) is 37.7 Å². The fourth-order valence-corrected chi connectivity index (χ4v) is 6.01. The fourth-order valence-electron chi connectivity index (χ4n) is 3.76. The molecule has 3 heterocycles. The standard InChI is InChI=1S/C20H20N2O3S2/c1-11-2-4-13-16(6-11)27-20-18(13)19(23)21-17(22-20)9-26-8-12-3-5-14-15(7-12)25-10-24-14/h3,5,7,11H,2,4,6,8-10H2,1H3,(H,21,22,23)/t11-/m0/s1. The highest BCUT2D eigenvalue weighted by Gasteiger charge is 2.23. The van der Waals surface area contributed by atoms with Gasteiger partial charge in [0.15, 0.2) is 11.5 Å². The van der Waals surface area contributed by atoms with Gasteiger partial charge in [0.25, 0.3) is 5.56 Å². The summed E-state index contributed by atoms with van der Waals surface area (Å²) >= 11 is 3.44. The first-order valence-corrected chi connectivity index (χ1v) is 11.1. The first kappa shape index (κ1) is 17.1. The molecule has 1 aliphatic heterocycles. The molecule has 1 N–H and O–H groups in total. The Morgan fingerprint density at radius 3 is 3.11 bits per heavy atom. The predicted molar refractivity (Wildman–Crippen MR) is 109 cm³/mol. The largest absolute Gasteiger partial charge is 0.454 e. The summed E-state index contributed by atoms with van der Waals surface area (Å²) < 4.78 is 10.8. The number of benzene rings is 1. The normalized spacial score (nSPS) is 18.0. The summed E-state index contributed by atoms with van der Waals surface area (Å²) in [4.78, 5) is 22.7. The van der Waals surface area contributed by atoms with Crippen LogP contribution in [0.4, 0.5) is 0 Å². The number of nitrogens with zero attached hydrogens (tertiary/aromatic N) is 1. The number of hydrogen-bond acceptors (Lipinski definition) is 6. The Balaban J connectivity index is 1.33. The van der Waals surface area contributed by atoms with Gasteiger partial charge >= 0.3 is 0 Å². The van der Waals surface area contributed by atoms with Crippen LogP contribution < -0.4 is 15.0 Å². The van der Waals surface area contributed by atoms with Gasteiger partial charge in [-0.1, -0.05) is 13.0 Å². The maximum Gasteiger partial charge on any atom is 0.259 e. The van der Waals surface area contributed by atoms with Gasteiger partial charge in [-0.2, -0.15) is 0 Å². The van der Waals surface area contributed by atoms with Crippen molar-refractivity contribution in [2.24, 2.45) is 5.92 Å². The van der Waals surface area contributed by atoms with Crippen LogP contribution in [0.5, 0.6) is 11.5 Å². The lowest BCUT2D eigenvalue weighted by Crippen LogP contribution is -2.14. The van der Waals surface area contributed by atoms with Crippen molar-refractivity contribution in [1.29, 1.82) is 0 Å². The Morgan fingerprint density at radius 1 is 1.30 bits per heavy atom. The summed E-state index contributed by atoms with van der Waals surface area (Å²) in [5.41, 5.74) is 2.43. The fraction of sp³-hybridized carbons (Fsp3) is 0.400. The molecule has 1 aromatic carbocycles.